The second-order valence-corrected chi connectivity index (χ2v) is 4.13. The second-order valence-electron chi connectivity index (χ2n) is 4.13. The van der Waals surface area contributed by atoms with Crippen LogP contribution in [0.5, 0.6) is 11.5 Å². The van der Waals surface area contributed by atoms with Crippen LogP contribution < -0.4 is 9.47 Å². The largest absolute Gasteiger partial charge is 0.493 e. The molecule has 1 N–H and O–H groups in total. The topological polar surface area (TPSA) is 59.0 Å². The average Bonchev–Trinajstić information content (AvgIpc) is 2.72. The number of hydrogen-bond donors (Lipinski definition) is 1. The lowest BCUT2D eigenvalue weighted by atomic mass is 10.1. The number of amides is 1. The Bertz CT molecular complexity index is 459. The van der Waals surface area contributed by atoms with Crippen LogP contribution in [0.3, 0.4) is 0 Å². The molecule has 98 valence electrons. The summed E-state index contributed by atoms with van der Waals surface area (Å²) in [6.45, 7) is 1.14. The summed E-state index contributed by atoms with van der Waals surface area (Å²) in [7, 11) is 3.14. The first-order valence-electron chi connectivity index (χ1n) is 5.87. The third-order valence-electron chi connectivity index (χ3n) is 3.10. The smallest absolute Gasteiger partial charge is 0.254 e. The van der Waals surface area contributed by atoms with Gasteiger partial charge >= 0.3 is 0 Å². The van der Waals surface area contributed by atoms with E-state index in [9.17, 15) is 4.79 Å². The molecule has 5 heteroatoms. The lowest BCUT2D eigenvalue weighted by Crippen LogP contribution is -2.25. The van der Waals surface area contributed by atoms with Gasteiger partial charge in [0.05, 0.1) is 20.8 Å². The molecule has 18 heavy (non-hydrogen) atoms. The Labute approximate surface area is 106 Å². The fourth-order valence-corrected chi connectivity index (χ4v) is 2.22. The molecular weight excluding hydrogens is 234 g/mol. The standard InChI is InChI=1S/C13H17NO4/c1-17-11-5-4-9-10(12(11)18-2)8-14(13(9)16)6-3-7-15/h4-5,15H,3,6-8H2,1-2H3. The number of methoxy groups -OCH3 is 2. The van der Waals surface area contributed by atoms with Gasteiger partial charge in [0.15, 0.2) is 11.5 Å². The van der Waals surface area contributed by atoms with Crippen LogP contribution in [0.2, 0.25) is 0 Å². The Kier molecular flexibility index (Phi) is 3.72. The van der Waals surface area contributed by atoms with E-state index in [0.717, 1.165) is 5.56 Å². The number of carbonyl (C=O) groups excluding carboxylic acids is 1. The summed E-state index contributed by atoms with van der Waals surface area (Å²) in [5, 5.41) is 8.83. The molecule has 1 amide bonds. The van der Waals surface area contributed by atoms with Crippen LogP contribution in [0, 0.1) is 0 Å². The molecule has 0 fully saturated rings. The minimum Gasteiger partial charge on any atom is -0.493 e. The number of benzene rings is 1. The maximum atomic E-state index is 12.1. The maximum Gasteiger partial charge on any atom is 0.254 e. The Morgan fingerprint density at radius 1 is 1.33 bits per heavy atom. The van der Waals surface area contributed by atoms with Gasteiger partial charge < -0.3 is 19.5 Å². The fourth-order valence-electron chi connectivity index (χ4n) is 2.22. The molecule has 0 bridgehead atoms. The summed E-state index contributed by atoms with van der Waals surface area (Å²) in [4.78, 5) is 13.8. The first-order chi connectivity index (χ1) is 8.72. The highest BCUT2D eigenvalue weighted by Gasteiger charge is 2.31. The summed E-state index contributed by atoms with van der Waals surface area (Å²) < 4.78 is 10.5. The number of nitrogens with zero attached hydrogens (tertiary/aromatic N) is 1. The Hall–Kier alpha value is -1.75. The predicted octanol–water partition coefficient (Wildman–Crippen LogP) is 1.04. The van der Waals surface area contributed by atoms with Gasteiger partial charge in [0.2, 0.25) is 0 Å². The summed E-state index contributed by atoms with van der Waals surface area (Å²) in [5.74, 6) is 1.24. The minimum atomic E-state index is -0.0144. The molecule has 2 rings (SSSR count). The zero-order valence-electron chi connectivity index (χ0n) is 10.6. The van der Waals surface area contributed by atoms with Crippen molar-refractivity contribution in [2.24, 2.45) is 0 Å². The van der Waals surface area contributed by atoms with Crippen molar-refractivity contribution in [3.63, 3.8) is 0 Å². The quantitative estimate of drug-likeness (QED) is 0.849. The minimum absolute atomic E-state index is 0.0144. The van der Waals surface area contributed by atoms with Crippen LogP contribution in [-0.4, -0.2) is 43.3 Å². The number of carbonyl (C=O) groups is 1. The number of rotatable bonds is 5. The van der Waals surface area contributed by atoms with Crippen LogP contribution in [0.4, 0.5) is 0 Å². The Morgan fingerprint density at radius 3 is 2.72 bits per heavy atom. The van der Waals surface area contributed by atoms with Gasteiger partial charge in [-0.1, -0.05) is 0 Å². The lowest BCUT2D eigenvalue weighted by molar-refractivity contribution is 0.0768. The molecule has 0 saturated carbocycles. The van der Waals surface area contributed by atoms with E-state index in [4.69, 9.17) is 14.6 Å². The average molecular weight is 251 g/mol. The molecule has 0 saturated heterocycles. The van der Waals surface area contributed by atoms with Crippen LogP contribution in [0.25, 0.3) is 0 Å². The lowest BCUT2D eigenvalue weighted by Gasteiger charge is -2.14. The van der Waals surface area contributed by atoms with Crippen molar-refractivity contribution in [1.29, 1.82) is 0 Å². The van der Waals surface area contributed by atoms with Crippen molar-refractivity contribution in [3.8, 4) is 11.5 Å². The van der Waals surface area contributed by atoms with Crippen LogP contribution in [0.1, 0.15) is 22.3 Å². The van der Waals surface area contributed by atoms with Crippen molar-refractivity contribution in [2.75, 3.05) is 27.4 Å². The molecule has 1 aliphatic rings. The van der Waals surface area contributed by atoms with Crippen LogP contribution in [0.15, 0.2) is 12.1 Å². The van der Waals surface area contributed by atoms with E-state index in [1.807, 2.05) is 0 Å². The highest BCUT2D eigenvalue weighted by molar-refractivity contribution is 5.99. The third kappa shape index (κ3) is 2.01. The van der Waals surface area contributed by atoms with Gasteiger partial charge in [-0.3, -0.25) is 4.79 Å². The SMILES string of the molecule is COc1ccc2c(c1OC)CN(CCCO)C2=O. The van der Waals surface area contributed by atoms with Gasteiger partial charge in [0.25, 0.3) is 5.91 Å². The number of ether oxygens (including phenoxy) is 2. The van der Waals surface area contributed by atoms with Crippen molar-refractivity contribution in [2.45, 2.75) is 13.0 Å². The molecule has 1 aromatic carbocycles. The number of aliphatic hydroxyl groups excluding tert-OH is 1. The summed E-state index contributed by atoms with van der Waals surface area (Å²) in [5.41, 5.74) is 1.52. The van der Waals surface area contributed by atoms with Crippen molar-refractivity contribution >= 4 is 5.91 Å². The number of fused-ring (bicyclic) bond motifs is 1. The molecule has 0 spiro atoms. The van der Waals surface area contributed by atoms with Crippen LogP contribution >= 0.6 is 0 Å². The monoisotopic (exact) mass is 251 g/mol. The van der Waals surface area contributed by atoms with Crippen molar-refractivity contribution < 1.29 is 19.4 Å². The Morgan fingerprint density at radius 2 is 2.11 bits per heavy atom. The van der Waals surface area contributed by atoms with Crippen molar-refractivity contribution in [3.05, 3.63) is 23.3 Å². The van der Waals surface area contributed by atoms with Gasteiger partial charge in [-0.2, -0.15) is 0 Å². The molecule has 1 heterocycles. The maximum absolute atomic E-state index is 12.1. The predicted molar refractivity (Wildman–Crippen MR) is 66.0 cm³/mol. The van der Waals surface area contributed by atoms with Gasteiger partial charge in [-0.05, 0) is 18.6 Å². The molecule has 0 unspecified atom stereocenters. The molecule has 1 aliphatic heterocycles. The summed E-state index contributed by atoms with van der Waals surface area (Å²) in [6, 6.07) is 3.50. The van der Waals surface area contributed by atoms with E-state index in [1.54, 1.807) is 31.3 Å². The summed E-state index contributed by atoms with van der Waals surface area (Å²) in [6.07, 6.45) is 0.583. The molecule has 0 radical (unpaired) electrons. The Balaban J connectivity index is 2.32. The van der Waals surface area contributed by atoms with E-state index < -0.39 is 0 Å². The molecule has 0 aliphatic carbocycles. The van der Waals surface area contributed by atoms with E-state index >= 15 is 0 Å². The normalized spacial score (nSPS) is 13.7. The van der Waals surface area contributed by atoms with E-state index in [-0.39, 0.29) is 12.5 Å². The fraction of sp³-hybridized carbons (Fsp3) is 0.462. The molecule has 0 atom stereocenters. The first kappa shape index (κ1) is 12.7. The molecular formula is C13H17NO4. The first-order valence-corrected chi connectivity index (χ1v) is 5.87. The number of hydrogen-bond acceptors (Lipinski definition) is 4. The zero-order chi connectivity index (χ0) is 13.1. The molecule has 1 aromatic rings. The van der Waals surface area contributed by atoms with Gasteiger partial charge in [-0.15, -0.1) is 0 Å². The zero-order valence-corrected chi connectivity index (χ0v) is 10.6. The summed E-state index contributed by atoms with van der Waals surface area (Å²) >= 11 is 0. The highest BCUT2D eigenvalue weighted by Crippen LogP contribution is 2.38. The van der Waals surface area contributed by atoms with Crippen molar-refractivity contribution in [1.82, 2.24) is 4.90 Å². The van der Waals surface area contributed by atoms with Crippen LogP contribution in [-0.2, 0) is 6.54 Å². The van der Waals surface area contributed by atoms with Gasteiger partial charge in [0, 0.05) is 24.3 Å². The molecule has 5 nitrogen and oxygen atoms in total. The van der Waals surface area contributed by atoms with Gasteiger partial charge in [0.1, 0.15) is 0 Å². The van der Waals surface area contributed by atoms with E-state index in [1.165, 1.54) is 0 Å². The van der Waals surface area contributed by atoms with E-state index in [2.05, 4.69) is 0 Å². The van der Waals surface area contributed by atoms with Gasteiger partial charge in [-0.25, -0.2) is 0 Å². The number of aliphatic hydroxyl groups is 1. The van der Waals surface area contributed by atoms with E-state index in [0.29, 0.717) is 36.6 Å². The molecule has 0 aromatic heterocycles. The third-order valence-corrected chi connectivity index (χ3v) is 3.10. The second kappa shape index (κ2) is 5.27. The highest BCUT2D eigenvalue weighted by atomic mass is 16.5.